The molecule has 214 valence electrons. The van der Waals surface area contributed by atoms with Gasteiger partial charge in [0, 0.05) is 23.5 Å². The van der Waals surface area contributed by atoms with Crippen LogP contribution in [0.5, 0.6) is 11.5 Å². The molecule has 2 heterocycles. The van der Waals surface area contributed by atoms with Crippen molar-refractivity contribution in [2.45, 2.75) is 0 Å². The minimum absolute atomic E-state index is 0.0875. The maximum absolute atomic E-state index is 13.4. The van der Waals surface area contributed by atoms with E-state index in [-0.39, 0.29) is 27.9 Å². The Hall–Kier alpha value is -6.42. The van der Waals surface area contributed by atoms with Crippen molar-refractivity contribution in [3.8, 4) is 33.8 Å². The maximum Gasteiger partial charge on any atom is 0.266 e. The molecular weight excluding hydrogens is 560 g/mol. The van der Waals surface area contributed by atoms with Crippen molar-refractivity contribution in [3.63, 3.8) is 0 Å². The predicted molar refractivity (Wildman–Crippen MR) is 165 cm³/mol. The molecule has 7 rings (SSSR count). The molecule has 10 nitrogen and oxygen atoms in total. The summed E-state index contributed by atoms with van der Waals surface area (Å²) in [5.41, 5.74) is 15.5. The lowest BCUT2D eigenvalue weighted by Gasteiger charge is -2.20. The summed E-state index contributed by atoms with van der Waals surface area (Å²) in [4.78, 5) is 55.0. The molecular formula is C34H22N4O6. The highest BCUT2D eigenvalue weighted by Gasteiger charge is 2.42. The highest BCUT2D eigenvalue weighted by Crippen LogP contribution is 2.45. The first-order valence-corrected chi connectivity index (χ1v) is 13.5. The van der Waals surface area contributed by atoms with Crippen molar-refractivity contribution in [2.24, 2.45) is 0 Å². The molecule has 0 aromatic heterocycles. The van der Waals surface area contributed by atoms with Gasteiger partial charge in [-0.1, -0.05) is 36.4 Å². The number of imide groups is 2. The summed E-state index contributed by atoms with van der Waals surface area (Å²) in [6.45, 7) is 0. The number of hydrogen-bond donors (Lipinski definition) is 4. The molecule has 6 N–H and O–H groups in total. The molecule has 44 heavy (non-hydrogen) atoms. The molecule has 5 aromatic carbocycles. The minimum Gasteiger partial charge on any atom is -0.506 e. The molecule has 0 fully saturated rings. The van der Waals surface area contributed by atoms with Crippen LogP contribution in [0.3, 0.4) is 0 Å². The summed E-state index contributed by atoms with van der Waals surface area (Å²) in [6, 6.07) is 25.7. The van der Waals surface area contributed by atoms with Crippen LogP contribution in [-0.2, 0) is 0 Å². The number of hydrogen-bond acceptors (Lipinski definition) is 8. The third-order valence-corrected chi connectivity index (χ3v) is 7.80. The third-order valence-electron chi connectivity index (χ3n) is 7.80. The molecule has 0 radical (unpaired) electrons. The van der Waals surface area contributed by atoms with Gasteiger partial charge in [-0.05, 0) is 70.8 Å². The lowest BCUT2D eigenvalue weighted by Crippen LogP contribution is -2.31. The van der Waals surface area contributed by atoms with Crippen LogP contribution in [0.1, 0.15) is 41.4 Å². The monoisotopic (exact) mass is 582 g/mol. The van der Waals surface area contributed by atoms with E-state index in [1.807, 2.05) is 0 Å². The second-order valence-corrected chi connectivity index (χ2v) is 10.5. The molecule has 2 aliphatic heterocycles. The zero-order valence-corrected chi connectivity index (χ0v) is 22.8. The first kappa shape index (κ1) is 26.5. The van der Waals surface area contributed by atoms with Gasteiger partial charge in [-0.15, -0.1) is 0 Å². The number of amides is 4. The number of nitrogen functional groups attached to an aromatic ring is 2. The smallest absolute Gasteiger partial charge is 0.266 e. The average molecular weight is 583 g/mol. The fourth-order valence-corrected chi connectivity index (χ4v) is 5.58. The Morgan fingerprint density at radius 2 is 0.795 bits per heavy atom. The Balaban J connectivity index is 1.21. The molecule has 0 atom stereocenters. The van der Waals surface area contributed by atoms with E-state index >= 15 is 0 Å². The van der Waals surface area contributed by atoms with Crippen LogP contribution < -0.4 is 21.3 Å². The van der Waals surface area contributed by atoms with E-state index in [0.29, 0.717) is 27.4 Å². The van der Waals surface area contributed by atoms with Crippen molar-refractivity contribution < 1.29 is 29.4 Å². The molecule has 5 aromatic rings. The summed E-state index contributed by atoms with van der Waals surface area (Å²) >= 11 is 0. The van der Waals surface area contributed by atoms with Gasteiger partial charge < -0.3 is 21.7 Å². The van der Waals surface area contributed by atoms with E-state index < -0.39 is 40.8 Å². The first-order valence-electron chi connectivity index (χ1n) is 13.5. The number of aromatic hydroxyl groups is 2. The highest BCUT2D eigenvalue weighted by atomic mass is 16.3. The number of nitrogens with zero attached hydrogens (tertiary/aromatic N) is 2. The van der Waals surface area contributed by atoms with Crippen LogP contribution in [0, 0.1) is 0 Å². The lowest BCUT2D eigenvalue weighted by molar-refractivity contribution is 0.0908. The molecule has 4 amide bonds. The first-order chi connectivity index (χ1) is 21.1. The SMILES string of the molecule is Nc1ccc(-c2ccc3c(c2)C(=O)N(c2cc(O)c(N4C(=O)c5ccc(-c6ccc(N)cc6)cc5C4=O)c(O)c2)C3=O)cc1. The van der Waals surface area contributed by atoms with Gasteiger partial charge in [0.2, 0.25) is 0 Å². The third kappa shape index (κ3) is 3.97. The summed E-state index contributed by atoms with van der Waals surface area (Å²) in [7, 11) is 0. The van der Waals surface area contributed by atoms with Crippen molar-refractivity contribution >= 4 is 46.4 Å². The van der Waals surface area contributed by atoms with E-state index in [1.54, 1.807) is 72.8 Å². The van der Waals surface area contributed by atoms with Crippen LogP contribution in [0.2, 0.25) is 0 Å². The second kappa shape index (κ2) is 9.57. The van der Waals surface area contributed by atoms with E-state index in [2.05, 4.69) is 0 Å². The molecule has 2 aliphatic rings. The number of phenolic OH excluding ortho intramolecular Hbond substituents is 2. The lowest BCUT2D eigenvalue weighted by atomic mass is 10.00. The van der Waals surface area contributed by atoms with Crippen LogP contribution in [-0.4, -0.2) is 33.8 Å². The summed E-state index contributed by atoms with van der Waals surface area (Å²) in [6.07, 6.45) is 0. The quantitative estimate of drug-likeness (QED) is 0.166. The number of phenols is 2. The summed E-state index contributed by atoms with van der Waals surface area (Å²) < 4.78 is 0. The fourth-order valence-electron chi connectivity index (χ4n) is 5.58. The van der Waals surface area contributed by atoms with Crippen molar-refractivity contribution in [3.05, 3.63) is 119 Å². The van der Waals surface area contributed by atoms with Crippen molar-refractivity contribution in [2.75, 3.05) is 21.3 Å². The Morgan fingerprint density at radius 3 is 1.25 bits per heavy atom. The second-order valence-electron chi connectivity index (χ2n) is 10.5. The summed E-state index contributed by atoms with van der Waals surface area (Å²) in [5, 5.41) is 22.0. The highest BCUT2D eigenvalue weighted by molar-refractivity contribution is 6.36. The number of carbonyl (C=O) groups excluding carboxylic acids is 4. The average Bonchev–Trinajstić information content (AvgIpc) is 3.41. The van der Waals surface area contributed by atoms with E-state index in [1.165, 1.54) is 12.1 Å². The standard InChI is InChI=1S/C34H22N4O6/c35-21-7-1-17(2-8-21)19-5-11-24-26(13-19)33(43)37(31(24)41)23-15-28(39)30(29(40)16-23)38-32(42)25-12-6-20(14-27(25)34(38)44)18-3-9-22(36)10-4-18/h1-16,39-40H,35-36H2. The van der Waals surface area contributed by atoms with Crippen molar-refractivity contribution in [1.29, 1.82) is 0 Å². The van der Waals surface area contributed by atoms with E-state index in [4.69, 9.17) is 11.5 Å². The van der Waals surface area contributed by atoms with Crippen molar-refractivity contribution in [1.82, 2.24) is 0 Å². The van der Waals surface area contributed by atoms with Gasteiger partial charge in [0.05, 0.1) is 27.9 Å². The van der Waals surface area contributed by atoms with Gasteiger partial charge in [0.25, 0.3) is 23.6 Å². The molecule has 0 spiro atoms. The Morgan fingerprint density at radius 1 is 0.432 bits per heavy atom. The van der Waals surface area contributed by atoms with Crippen LogP contribution in [0.15, 0.2) is 97.1 Å². The van der Waals surface area contributed by atoms with E-state index in [9.17, 15) is 29.4 Å². The number of nitrogens with two attached hydrogens (primary N) is 2. The fraction of sp³-hybridized carbons (Fsp3) is 0. The zero-order valence-electron chi connectivity index (χ0n) is 22.8. The molecule has 0 saturated carbocycles. The maximum atomic E-state index is 13.4. The van der Waals surface area contributed by atoms with Crippen LogP contribution >= 0.6 is 0 Å². The molecule has 10 heteroatoms. The van der Waals surface area contributed by atoms with Crippen LogP contribution in [0.4, 0.5) is 22.7 Å². The van der Waals surface area contributed by atoms with Gasteiger partial charge in [-0.3, -0.25) is 19.2 Å². The van der Waals surface area contributed by atoms with Crippen LogP contribution in [0.25, 0.3) is 22.3 Å². The summed E-state index contributed by atoms with van der Waals surface area (Å²) in [5.74, 6) is -4.17. The van der Waals surface area contributed by atoms with Gasteiger partial charge in [0.15, 0.2) is 0 Å². The van der Waals surface area contributed by atoms with E-state index in [0.717, 1.165) is 28.2 Å². The number of rotatable bonds is 4. The predicted octanol–water partition coefficient (Wildman–Crippen LogP) is 5.20. The largest absolute Gasteiger partial charge is 0.506 e. The Kier molecular flexibility index (Phi) is 5.76. The Bertz CT molecular complexity index is 2060. The molecule has 0 aliphatic carbocycles. The van der Waals surface area contributed by atoms with Gasteiger partial charge in [-0.2, -0.15) is 0 Å². The van der Waals surface area contributed by atoms with Gasteiger partial charge in [-0.25, -0.2) is 9.80 Å². The Labute approximate surface area is 250 Å². The normalized spacial score (nSPS) is 13.9. The molecule has 0 bridgehead atoms. The molecule has 0 unspecified atom stereocenters. The topological polar surface area (TPSA) is 167 Å². The molecule has 0 saturated heterocycles. The minimum atomic E-state index is -0.753. The number of benzene rings is 5. The number of carbonyl (C=O) groups is 4. The zero-order chi connectivity index (χ0) is 30.9. The van der Waals surface area contributed by atoms with Gasteiger partial charge >= 0.3 is 0 Å². The number of anilines is 4. The van der Waals surface area contributed by atoms with Gasteiger partial charge in [0.1, 0.15) is 17.2 Å². The number of fused-ring (bicyclic) bond motifs is 2.